The van der Waals surface area contributed by atoms with Gasteiger partial charge in [0.2, 0.25) is 0 Å². The first-order valence-electron chi connectivity index (χ1n) is 10.7. The Balaban J connectivity index is 1.55. The predicted molar refractivity (Wildman–Crippen MR) is 129 cm³/mol. The minimum absolute atomic E-state index is 0.000373. The first-order valence-corrected chi connectivity index (χ1v) is 10.7. The maximum absolute atomic E-state index is 12.0. The van der Waals surface area contributed by atoms with Crippen molar-refractivity contribution in [2.45, 2.75) is 20.0 Å². The van der Waals surface area contributed by atoms with E-state index in [1.165, 1.54) is 0 Å². The Bertz CT molecular complexity index is 1010. The summed E-state index contributed by atoms with van der Waals surface area (Å²) in [4.78, 5) is 18.3. The fourth-order valence-corrected chi connectivity index (χ4v) is 3.01. The average Bonchev–Trinajstić information content (AvgIpc) is 2.82. The summed E-state index contributed by atoms with van der Waals surface area (Å²) in [6.07, 6.45) is 0. The first kappa shape index (κ1) is 22.9. The van der Waals surface area contributed by atoms with Crippen LogP contribution in [0.1, 0.15) is 28.4 Å². The molecule has 0 aliphatic carbocycles. The maximum Gasteiger partial charge on any atom is 0.253 e. The van der Waals surface area contributed by atoms with E-state index in [0.29, 0.717) is 18.7 Å². The molecule has 2 N–H and O–H groups in total. The van der Waals surface area contributed by atoms with E-state index in [1.807, 2.05) is 85.8 Å². The lowest BCUT2D eigenvalue weighted by Gasteiger charge is -2.13. The Morgan fingerprint density at radius 3 is 2.09 bits per heavy atom. The van der Waals surface area contributed by atoms with E-state index in [-0.39, 0.29) is 5.91 Å². The van der Waals surface area contributed by atoms with E-state index in [2.05, 4.69) is 15.6 Å². The highest BCUT2D eigenvalue weighted by Crippen LogP contribution is 2.21. The van der Waals surface area contributed by atoms with Crippen molar-refractivity contribution in [3.05, 3.63) is 95.6 Å². The molecule has 0 aliphatic rings. The number of hydrogen-bond donors (Lipinski definition) is 2. The van der Waals surface area contributed by atoms with Gasteiger partial charge in [-0.05, 0) is 54.4 Å². The van der Waals surface area contributed by atoms with E-state index in [4.69, 9.17) is 4.74 Å². The van der Waals surface area contributed by atoms with E-state index in [0.717, 1.165) is 35.1 Å². The molecule has 3 rings (SSSR count). The number of hydrogen-bond acceptors (Lipinski definition) is 3. The van der Waals surface area contributed by atoms with Crippen LogP contribution in [0, 0.1) is 0 Å². The number of guanidine groups is 1. The molecule has 3 aromatic rings. The van der Waals surface area contributed by atoms with E-state index >= 15 is 0 Å². The molecule has 166 valence electrons. The number of carbonyl (C=O) groups excluding carboxylic acids is 1. The number of nitrogens with zero attached hydrogens (tertiary/aromatic N) is 2. The van der Waals surface area contributed by atoms with Crippen LogP contribution < -0.4 is 15.4 Å². The molecular formula is C26H30N4O2. The van der Waals surface area contributed by atoms with Crippen LogP contribution in [-0.4, -0.2) is 37.4 Å². The van der Waals surface area contributed by atoms with Crippen LogP contribution >= 0.6 is 0 Å². The molecule has 0 aliphatic heterocycles. The number of rotatable bonds is 8. The van der Waals surface area contributed by atoms with Crippen LogP contribution in [0.15, 0.2) is 83.9 Å². The largest absolute Gasteiger partial charge is 0.457 e. The molecule has 3 aromatic carbocycles. The fraction of sp³-hybridized carbons (Fsp3) is 0.231. The lowest BCUT2D eigenvalue weighted by Crippen LogP contribution is -2.36. The predicted octanol–water partition coefficient (Wildman–Crippen LogP) is 4.44. The van der Waals surface area contributed by atoms with Crippen molar-refractivity contribution in [2.75, 3.05) is 20.6 Å². The third-order valence-electron chi connectivity index (χ3n) is 4.73. The number of carbonyl (C=O) groups is 1. The molecule has 6 nitrogen and oxygen atoms in total. The quantitative estimate of drug-likeness (QED) is 0.410. The Morgan fingerprint density at radius 2 is 1.47 bits per heavy atom. The smallest absolute Gasteiger partial charge is 0.253 e. The van der Waals surface area contributed by atoms with Crippen LogP contribution in [0.4, 0.5) is 0 Å². The van der Waals surface area contributed by atoms with Gasteiger partial charge in [-0.25, -0.2) is 4.99 Å². The third kappa shape index (κ3) is 6.87. The number of ether oxygens (including phenoxy) is 1. The molecule has 0 aromatic heterocycles. The Kier molecular flexibility index (Phi) is 8.26. The number of para-hydroxylation sites is 1. The van der Waals surface area contributed by atoms with E-state index in [9.17, 15) is 4.79 Å². The molecular weight excluding hydrogens is 400 g/mol. The monoisotopic (exact) mass is 430 g/mol. The van der Waals surface area contributed by atoms with Gasteiger partial charge in [-0.1, -0.05) is 42.5 Å². The molecule has 0 spiro atoms. The van der Waals surface area contributed by atoms with Crippen LogP contribution in [0.3, 0.4) is 0 Å². The van der Waals surface area contributed by atoms with Crippen molar-refractivity contribution in [3.8, 4) is 11.5 Å². The molecule has 0 unspecified atom stereocenters. The topological polar surface area (TPSA) is 66.0 Å². The zero-order chi connectivity index (χ0) is 22.8. The number of nitrogens with one attached hydrogen (secondary N) is 2. The SMILES string of the molecule is CCNC(=NCc1ccc(Oc2ccccc2)cc1)NCc1ccc(C(=O)N(C)C)cc1. The molecule has 0 saturated carbocycles. The molecule has 0 radical (unpaired) electrons. The first-order chi connectivity index (χ1) is 15.5. The Labute approximate surface area is 189 Å². The van der Waals surface area contributed by atoms with Gasteiger partial charge >= 0.3 is 0 Å². The average molecular weight is 431 g/mol. The van der Waals surface area contributed by atoms with Crippen molar-refractivity contribution in [1.29, 1.82) is 0 Å². The van der Waals surface area contributed by atoms with Crippen molar-refractivity contribution in [3.63, 3.8) is 0 Å². The normalized spacial score (nSPS) is 11.0. The van der Waals surface area contributed by atoms with Crippen molar-refractivity contribution in [1.82, 2.24) is 15.5 Å². The van der Waals surface area contributed by atoms with Gasteiger partial charge in [0.1, 0.15) is 11.5 Å². The second kappa shape index (κ2) is 11.6. The van der Waals surface area contributed by atoms with Crippen molar-refractivity contribution < 1.29 is 9.53 Å². The fourth-order valence-electron chi connectivity index (χ4n) is 3.01. The zero-order valence-electron chi connectivity index (χ0n) is 18.8. The van der Waals surface area contributed by atoms with Gasteiger partial charge in [-0.3, -0.25) is 4.79 Å². The second-order valence-corrected chi connectivity index (χ2v) is 7.50. The molecule has 0 saturated heterocycles. The molecule has 0 heterocycles. The van der Waals surface area contributed by atoms with Gasteiger partial charge < -0.3 is 20.3 Å². The Morgan fingerprint density at radius 1 is 0.844 bits per heavy atom. The molecule has 0 fully saturated rings. The molecule has 0 bridgehead atoms. The third-order valence-corrected chi connectivity index (χ3v) is 4.73. The lowest BCUT2D eigenvalue weighted by atomic mass is 10.1. The molecule has 1 amide bonds. The van der Waals surface area contributed by atoms with Crippen LogP contribution in [0.5, 0.6) is 11.5 Å². The van der Waals surface area contributed by atoms with Gasteiger partial charge in [-0.2, -0.15) is 0 Å². The molecule has 0 atom stereocenters. The van der Waals surface area contributed by atoms with Gasteiger partial charge in [0, 0.05) is 32.7 Å². The maximum atomic E-state index is 12.0. The second-order valence-electron chi connectivity index (χ2n) is 7.50. The van der Waals surface area contributed by atoms with Gasteiger partial charge in [0.25, 0.3) is 5.91 Å². The summed E-state index contributed by atoms with van der Waals surface area (Å²) in [5, 5.41) is 6.61. The van der Waals surface area contributed by atoms with Gasteiger partial charge in [-0.15, -0.1) is 0 Å². The van der Waals surface area contributed by atoms with Crippen molar-refractivity contribution in [2.24, 2.45) is 4.99 Å². The summed E-state index contributed by atoms with van der Waals surface area (Å²) >= 11 is 0. The summed E-state index contributed by atoms with van der Waals surface area (Å²) in [7, 11) is 3.50. The van der Waals surface area contributed by atoms with E-state index < -0.39 is 0 Å². The minimum Gasteiger partial charge on any atom is -0.457 e. The minimum atomic E-state index is -0.000373. The molecule has 32 heavy (non-hydrogen) atoms. The van der Waals surface area contributed by atoms with Gasteiger partial charge in [0.15, 0.2) is 5.96 Å². The number of benzene rings is 3. The van der Waals surface area contributed by atoms with Crippen molar-refractivity contribution >= 4 is 11.9 Å². The molecule has 6 heteroatoms. The zero-order valence-corrected chi connectivity index (χ0v) is 18.8. The summed E-state index contributed by atoms with van der Waals surface area (Å²) in [5.74, 6) is 2.35. The van der Waals surface area contributed by atoms with Crippen LogP contribution in [-0.2, 0) is 13.1 Å². The summed E-state index contributed by atoms with van der Waals surface area (Å²) < 4.78 is 5.84. The van der Waals surface area contributed by atoms with Crippen LogP contribution in [0.25, 0.3) is 0 Å². The number of amides is 1. The highest BCUT2D eigenvalue weighted by molar-refractivity contribution is 5.93. The summed E-state index contributed by atoms with van der Waals surface area (Å²) in [6, 6.07) is 25.3. The van der Waals surface area contributed by atoms with E-state index in [1.54, 1.807) is 19.0 Å². The summed E-state index contributed by atoms with van der Waals surface area (Å²) in [5.41, 5.74) is 2.85. The highest BCUT2D eigenvalue weighted by Gasteiger charge is 2.07. The lowest BCUT2D eigenvalue weighted by molar-refractivity contribution is 0.0827. The Hall–Kier alpha value is -3.80. The van der Waals surface area contributed by atoms with Gasteiger partial charge in [0.05, 0.1) is 6.54 Å². The standard InChI is InChI=1S/C26H30N4O2/c1-4-27-26(28-18-20-10-14-22(15-11-20)25(31)30(2)3)29-19-21-12-16-24(17-13-21)32-23-8-6-5-7-9-23/h5-17H,4,18-19H2,1-3H3,(H2,27,28,29). The van der Waals surface area contributed by atoms with Crippen LogP contribution in [0.2, 0.25) is 0 Å². The number of aliphatic imine (C=N–C) groups is 1. The highest BCUT2D eigenvalue weighted by atomic mass is 16.5. The summed E-state index contributed by atoms with van der Waals surface area (Å²) in [6.45, 7) is 3.98.